The van der Waals surface area contributed by atoms with E-state index < -0.39 is 0 Å². The highest BCUT2D eigenvalue weighted by Crippen LogP contribution is 2.73. The number of thiophene rings is 1. The highest BCUT2D eigenvalue weighted by Gasteiger charge is 2.62. The topological polar surface area (TPSA) is 0 Å². The Hall–Kier alpha value is 0.760. The van der Waals surface area contributed by atoms with Gasteiger partial charge in [0.1, 0.15) is 0 Å². The van der Waals surface area contributed by atoms with Gasteiger partial charge in [0.15, 0.2) is 0 Å². The van der Waals surface area contributed by atoms with Gasteiger partial charge in [0.05, 0.1) is 14.2 Å². The minimum Gasteiger partial charge on any atom is -0.130 e. The lowest BCUT2D eigenvalue weighted by Gasteiger charge is -2.66. The second-order valence-corrected chi connectivity index (χ2v) is 11.9. The van der Waals surface area contributed by atoms with Crippen LogP contribution in [0.1, 0.15) is 62.6 Å². The van der Waals surface area contributed by atoms with Crippen molar-refractivity contribution in [1.82, 2.24) is 0 Å². The molecule has 0 aromatic carbocycles. The molecule has 21 heavy (non-hydrogen) atoms. The van der Waals surface area contributed by atoms with Crippen LogP contribution in [0.2, 0.25) is 5.02 Å². The van der Waals surface area contributed by atoms with Gasteiger partial charge in [-0.25, -0.2) is 0 Å². The Morgan fingerprint density at radius 3 is 2.29 bits per heavy atom. The van der Waals surface area contributed by atoms with Crippen LogP contribution >= 0.6 is 50.5 Å². The predicted molar refractivity (Wildman–Crippen MR) is 95.5 cm³/mol. The monoisotopic (exact) mass is 406 g/mol. The highest BCUT2D eigenvalue weighted by atomic mass is 79.9. The van der Waals surface area contributed by atoms with Crippen LogP contribution in [-0.4, -0.2) is 0 Å². The van der Waals surface area contributed by atoms with E-state index >= 15 is 0 Å². The molecular weight excluding hydrogens is 387 g/mol. The maximum Gasteiger partial charge on any atom is 0.0887 e. The van der Waals surface area contributed by atoms with E-state index in [4.69, 9.17) is 23.2 Å². The Kier molecular flexibility index (Phi) is 3.39. The molecule has 4 saturated carbocycles. The van der Waals surface area contributed by atoms with E-state index in [1.54, 1.807) is 11.3 Å². The van der Waals surface area contributed by atoms with E-state index in [1.165, 1.54) is 43.4 Å². The van der Waals surface area contributed by atoms with Crippen molar-refractivity contribution in [2.24, 2.45) is 22.2 Å². The van der Waals surface area contributed by atoms with Crippen LogP contribution in [0.5, 0.6) is 0 Å². The molecule has 0 aliphatic heterocycles. The van der Waals surface area contributed by atoms with E-state index in [1.807, 2.05) is 0 Å². The standard InChI is InChI=1S/C17H21BrCl2S/c1-15-4-10-5-16(2,7-15)9-17(6-10,8-15)13(20)12-3-11(19)14(18)21-12/h3,10,13H,4-9H2,1-2H3. The summed E-state index contributed by atoms with van der Waals surface area (Å²) in [5.41, 5.74) is 1.32. The SMILES string of the molecule is CC12CC3CC(C)(C1)CC(C(Cl)c1cc(Cl)c(Br)s1)(C3)C2. The van der Waals surface area contributed by atoms with Crippen molar-refractivity contribution in [1.29, 1.82) is 0 Å². The van der Waals surface area contributed by atoms with Crippen LogP contribution in [0.4, 0.5) is 0 Å². The third-order valence-electron chi connectivity index (χ3n) is 6.12. The van der Waals surface area contributed by atoms with Crippen molar-refractivity contribution in [3.05, 3.63) is 19.8 Å². The van der Waals surface area contributed by atoms with Gasteiger partial charge in [-0.3, -0.25) is 0 Å². The van der Waals surface area contributed by atoms with Gasteiger partial charge in [-0.15, -0.1) is 22.9 Å². The van der Waals surface area contributed by atoms with Crippen molar-refractivity contribution in [3.8, 4) is 0 Å². The minimum absolute atomic E-state index is 0.119. The molecule has 4 aliphatic carbocycles. The molecule has 1 aromatic heterocycles. The summed E-state index contributed by atoms with van der Waals surface area (Å²) in [6.45, 7) is 5.01. The first-order valence-electron chi connectivity index (χ1n) is 7.82. The summed E-state index contributed by atoms with van der Waals surface area (Å²) in [7, 11) is 0. The number of alkyl halides is 1. The van der Waals surface area contributed by atoms with Crippen LogP contribution in [0.25, 0.3) is 0 Å². The lowest BCUT2D eigenvalue weighted by Crippen LogP contribution is -2.56. The summed E-state index contributed by atoms with van der Waals surface area (Å²) in [4.78, 5) is 1.25. The van der Waals surface area contributed by atoms with Crippen molar-refractivity contribution < 1.29 is 0 Å². The fourth-order valence-corrected chi connectivity index (χ4v) is 8.92. The molecular formula is C17H21BrCl2S. The fourth-order valence-electron chi connectivity index (χ4n) is 6.61. The van der Waals surface area contributed by atoms with E-state index in [0.29, 0.717) is 10.8 Å². The molecule has 0 N–H and O–H groups in total. The largest absolute Gasteiger partial charge is 0.130 e. The summed E-state index contributed by atoms with van der Waals surface area (Å²) in [5, 5.41) is 0.927. The third kappa shape index (κ3) is 2.35. The molecule has 1 heterocycles. The van der Waals surface area contributed by atoms with Gasteiger partial charge in [-0.1, -0.05) is 25.4 Å². The van der Waals surface area contributed by atoms with Crippen molar-refractivity contribution in [3.63, 3.8) is 0 Å². The minimum atomic E-state index is 0.119. The van der Waals surface area contributed by atoms with Crippen LogP contribution in [-0.2, 0) is 0 Å². The van der Waals surface area contributed by atoms with Crippen LogP contribution in [0.3, 0.4) is 0 Å². The number of hydrogen-bond acceptors (Lipinski definition) is 1. The maximum atomic E-state index is 7.07. The quantitative estimate of drug-likeness (QED) is 0.446. The van der Waals surface area contributed by atoms with Gasteiger partial charge in [0, 0.05) is 4.88 Å². The molecule has 0 nitrogen and oxygen atoms in total. The Morgan fingerprint density at radius 1 is 1.19 bits per heavy atom. The molecule has 4 fully saturated rings. The van der Waals surface area contributed by atoms with Gasteiger partial charge in [0.25, 0.3) is 0 Å². The molecule has 3 atom stereocenters. The number of rotatable bonds is 2. The van der Waals surface area contributed by atoms with Gasteiger partial charge < -0.3 is 0 Å². The van der Waals surface area contributed by atoms with Gasteiger partial charge in [-0.05, 0) is 82.7 Å². The Balaban J connectivity index is 1.73. The molecule has 0 spiro atoms. The third-order valence-corrected chi connectivity index (χ3v) is 9.49. The fraction of sp³-hybridized carbons (Fsp3) is 0.765. The first-order valence-corrected chi connectivity index (χ1v) is 10.2. The van der Waals surface area contributed by atoms with E-state index in [9.17, 15) is 0 Å². The number of hydrogen-bond donors (Lipinski definition) is 0. The molecule has 0 amide bonds. The molecule has 4 bridgehead atoms. The zero-order valence-corrected chi connectivity index (χ0v) is 16.4. The lowest BCUT2D eigenvalue weighted by atomic mass is 9.39. The molecule has 0 radical (unpaired) electrons. The normalized spacial score (nSPS) is 46.0. The molecule has 3 unspecified atom stereocenters. The van der Waals surface area contributed by atoms with Crippen LogP contribution in [0.15, 0.2) is 9.85 Å². The summed E-state index contributed by atoms with van der Waals surface area (Å²) >= 11 is 18.6. The molecule has 4 heteroatoms. The summed E-state index contributed by atoms with van der Waals surface area (Å²) < 4.78 is 1.02. The summed E-state index contributed by atoms with van der Waals surface area (Å²) in [6, 6.07) is 2.08. The zero-order chi connectivity index (χ0) is 15.0. The van der Waals surface area contributed by atoms with Crippen molar-refractivity contribution in [2.45, 2.75) is 57.7 Å². The Bertz CT molecular complexity index is 558. The molecule has 1 aromatic rings. The second kappa shape index (κ2) is 4.65. The van der Waals surface area contributed by atoms with Crippen LogP contribution in [0, 0.1) is 22.2 Å². The maximum absolute atomic E-state index is 7.07. The van der Waals surface area contributed by atoms with Crippen LogP contribution < -0.4 is 0 Å². The molecule has 0 saturated heterocycles. The van der Waals surface area contributed by atoms with E-state index in [0.717, 1.165) is 14.7 Å². The van der Waals surface area contributed by atoms with E-state index in [-0.39, 0.29) is 10.8 Å². The second-order valence-electron chi connectivity index (χ2n) is 8.63. The summed E-state index contributed by atoms with van der Waals surface area (Å²) in [6.07, 6.45) is 8.16. The molecule has 5 rings (SSSR count). The molecule has 116 valence electrons. The predicted octanol–water partition coefficient (Wildman–Crippen LogP) is 7.44. The Morgan fingerprint density at radius 2 is 1.81 bits per heavy atom. The Labute approximate surface area is 149 Å². The average Bonchev–Trinajstić information content (AvgIpc) is 2.64. The lowest BCUT2D eigenvalue weighted by molar-refractivity contribution is -0.146. The summed E-state index contributed by atoms with van der Waals surface area (Å²) in [5.74, 6) is 0.886. The molecule has 4 aliphatic rings. The van der Waals surface area contributed by atoms with Gasteiger partial charge >= 0.3 is 0 Å². The first-order chi connectivity index (χ1) is 9.73. The zero-order valence-electron chi connectivity index (χ0n) is 12.5. The first kappa shape index (κ1) is 15.3. The van der Waals surface area contributed by atoms with Gasteiger partial charge in [0.2, 0.25) is 0 Å². The average molecular weight is 408 g/mol. The van der Waals surface area contributed by atoms with Crippen molar-refractivity contribution >= 4 is 50.5 Å². The van der Waals surface area contributed by atoms with E-state index in [2.05, 4.69) is 35.8 Å². The van der Waals surface area contributed by atoms with Crippen molar-refractivity contribution in [2.75, 3.05) is 0 Å². The number of halogens is 3. The highest BCUT2D eigenvalue weighted by molar-refractivity contribution is 9.11. The van der Waals surface area contributed by atoms with Gasteiger partial charge in [-0.2, -0.15) is 0 Å². The smallest absolute Gasteiger partial charge is 0.0887 e.